The maximum absolute atomic E-state index is 11.0. The van der Waals surface area contributed by atoms with E-state index in [0.717, 1.165) is 23.2 Å². The van der Waals surface area contributed by atoms with Gasteiger partial charge in [0.1, 0.15) is 24.4 Å². The molecule has 0 aliphatic carbocycles. The average molecular weight is 314 g/mol. The van der Waals surface area contributed by atoms with Crippen LogP contribution in [0, 0.1) is 0 Å². The summed E-state index contributed by atoms with van der Waals surface area (Å²) in [6, 6.07) is 12.9. The zero-order chi connectivity index (χ0) is 16.1. The van der Waals surface area contributed by atoms with Crippen LogP contribution in [0.2, 0.25) is 0 Å². The van der Waals surface area contributed by atoms with Gasteiger partial charge in [0.25, 0.3) is 0 Å². The Bertz CT molecular complexity index is 660. The largest absolute Gasteiger partial charge is 0.497 e. The minimum absolute atomic E-state index is 0.381. The van der Waals surface area contributed by atoms with Crippen LogP contribution in [0.5, 0.6) is 11.5 Å². The molecule has 1 fully saturated rings. The van der Waals surface area contributed by atoms with Gasteiger partial charge in [-0.05, 0) is 29.8 Å². The van der Waals surface area contributed by atoms with Crippen molar-refractivity contribution in [1.29, 1.82) is 0 Å². The lowest BCUT2D eigenvalue weighted by Crippen LogP contribution is -2.04. The van der Waals surface area contributed by atoms with E-state index in [9.17, 15) is 4.79 Å². The third-order valence-corrected chi connectivity index (χ3v) is 3.60. The van der Waals surface area contributed by atoms with Crippen molar-refractivity contribution in [2.24, 2.45) is 0 Å². The van der Waals surface area contributed by atoms with Crippen molar-refractivity contribution in [2.45, 2.75) is 12.9 Å². The molecule has 1 saturated heterocycles. The van der Waals surface area contributed by atoms with E-state index in [4.69, 9.17) is 18.9 Å². The number of aldehydes is 1. The van der Waals surface area contributed by atoms with Crippen LogP contribution in [0.15, 0.2) is 42.5 Å². The molecule has 5 nitrogen and oxygen atoms in total. The second-order valence-corrected chi connectivity index (χ2v) is 5.13. The summed E-state index contributed by atoms with van der Waals surface area (Å²) in [5.41, 5.74) is 2.35. The van der Waals surface area contributed by atoms with Gasteiger partial charge in [-0.15, -0.1) is 0 Å². The smallest absolute Gasteiger partial charge is 0.187 e. The van der Waals surface area contributed by atoms with E-state index < -0.39 is 6.29 Å². The number of hydrogen-bond donors (Lipinski definition) is 0. The van der Waals surface area contributed by atoms with E-state index in [1.807, 2.05) is 30.3 Å². The Morgan fingerprint density at radius 3 is 2.52 bits per heavy atom. The molecule has 5 heteroatoms. The van der Waals surface area contributed by atoms with Crippen LogP contribution in [0.1, 0.15) is 27.8 Å². The molecular weight excluding hydrogens is 296 g/mol. The van der Waals surface area contributed by atoms with E-state index in [1.54, 1.807) is 19.2 Å². The van der Waals surface area contributed by atoms with Crippen LogP contribution in [0.4, 0.5) is 0 Å². The van der Waals surface area contributed by atoms with Gasteiger partial charge < -0.3 is 18.9 Å². The second-order valence-electron chi connectivity index (χ2n) is 5.13. The highest BCUT2D eigenvalue weighted by molar-refractivity contribution is 5.76. The normalized spacial score (nSPS) is 14.7. The van der Waals surface area contributed by atoms with Crippen molar-refractivity contribution in [2.75, 3.05) is 20.3 Å². The molecule has 0 bridgehead atoms. The highest BCUT2D eigenvalue weighted by Gasteiger charge is 2.22. The molecule has 0 unspecified atom stereocenters. The Morgan fingerprint density at radius 1 is 1.13 bits per heavy atom. The highest BCUT2D eigenvalue weighted by Crippen LogP contribution is 2.32. The van der Waals surface area contributed by atoms with Gasteiger partial charge in [0, 0.05) is 11.1 Å². The molecule has 2 aromatic carbocycles. The maximum atomic E-state index is 11.0. The van der Waals surface area contributed by atoms with E-state index in [1.165, 1.54) is 0 Å². The van der Waals surface area contributed by atoms with Gasteiger partial charge in [0.05, 0.1) is 20.3 Å². The second kappa shape index (κ2) is 7.26. The predicted molar refractivity (Wildman–Crippen MR) is 83.8 cm³/mol. The summed E-state index contributed by atoms with van der Waals surface area (Å²) in [6.07, 6.45) is 0.349. The van der Waals surface area contributed by atoms with Crippen molar-refractivity contribution >= 4 is 6.29 Å². The fraction of sp³-hybridized carbons (Fsp3) is 0.278. The van der Waals surface area contributed by atoms with E-state index in [2.05, 4.69) is 0 Å². The van der Waals surface area contributed by atoms with Crippen molar-refractivity contribution in [1.82, 2.24) is 0 Å². The van der Waals surface area contributed by atoms with Crippen LogP contribution >= 0.6 is 0 Å². The molecule has 0 radical (unpaired) electrons. The zero-order valence-electron chi connectivity index (χ0n) is 12.9. The Kier molecular flexibility index (Phi) is 4.90. The van der Waals surface area contributed by atoms with Crippen molar-refractivity contribution in [3.05, 3.63) is 59.2 Å². The summed E-state index contributed by atoms with van der Waals surface area (Å²) < 4.78 is 22.1. The molecule has 0 saturated carbocycles. The van der Waals surface area contributed by atoms with E-state index >= 15 is 0 Å². The minimum atomic E-state index is -0.443. The molecule has 0 atom stereocenters. The molecule has 23 heavy (non-hydrogen) atoms. The van der Waals surface area contributed by atoms with Gasteiger partial charge in [-0.2, -0.15) is 0 Å². The van der Waals surface area contributed by atoms with Crippen LogP contribution in [-0.2, 0) is 16.1 Å². The van der Waals surface area contributed by atoms with Gasteiger partial charge >= 0.3 is 0 Å². The number of hydrogen-bond acceptors (Lipinski definition) is 5. The third-order valence-electron chi connectivity index (χ3n) is 3.60. The van der Waals surface area contributed by atoms with E-state index in [0.29, 0.717) is 31.1 Å². The molecule has 120 valence electrons. The molecule has 1 aliphatic rings. The quantitative estimate of drug-likeness (QED) is 0.767. The maximum Gasteiger partial charge on any atom is 0.187 e. The Morgan fingerprint density at radius 2 is 1.87 bits per heavy atom. The highest BCUT2D eigenvalue weighted by atomic mass is 16.7. The van der Waals surface area contributed by atoms with E-state index in [-0.39, 0.29) is 0 Å². The number of benzene rings is 2. The standard InChI is InChI=1S/C18H18O5/c1-20-15-5-2-13(3-6-15)12-23-17-10-14(11-19)4-7-16(17)18-21-8-9-22-18/h2-7,10-11,18H,8-9,12H2,1H3. The zero-order valence-corrected chi connectivity index (χ0v) is 12.9. The number of ether oxygens (including phenoxy) is 4. The van der Waals surface area contributed by atoms with Crippen molar-refractivity contribution < 1.29 is 23.7 Å². The third kappa shape index (κ3) is 3.70. The summed E-state index contributed by atoms with van der Waals surface area (Å²) in [5.74, 6) is 1.39. The van der Waals surface area contributed by atoms with Crippen LogP contribution in [-0.4, -0.2) is 26.6 Å². The topological polar surface area (TPSA) is 54.0 Å². The number of carbonyl (C=O) groups is 1. The lowest BCUT2D eigenvalue weighted by Gasteiger charge is -2.16. The first kappa shape index (κ1) is 15.5. The fourth-order valence-electron chi connectivity index (χ4n) is 2.36. The Hall–Kier alpha value is -2.37. The van der Waals surface area contributed by atoms with Crippen LogP contribution in [0.25, 0.3) is 0 Å². The summed E-state index contributed by atoms with van der Waals surface area (Å²) in [5, 5.41) is 0. The molecule has 0 spiro atoms. The summed E-state index contributed by atoms with van der Waals surface area (Å²) in [7, 11) is 1.63. The molecule has 0 N–H and O–H groups in total. The first-order valence-corrected chi connectivity index (χ1v) is 7.38. The molecule has 1 heterocycles. The molecule has 3 rings (SSSR count). The molecule has 0 amide bonds. The molecule has 1 aliphatic heterocycles. The van der Waals surface area contributed by atoms with Gasteiger partial charge in [-0.1, -0.05) is 18.2 Å². The Balaban J connectivity index is 1.77. The van der Waals surface area contributed by atoms with Crippen LogP contribution < -0.4 is 9.47 Å². The SMILES string of the molecule is COc1ccc(COc2cc(C=O)ccc2C2OCCO2)cc1. The van der Waals surface area contributed by atoms with Gasteiger partial charge in [0.2, 0.25) is 0 Å². The monoisotopic (exact) mass is 314 g/mol. The lowest BCUT2D eigenvalue weighted by molar-refractivity contribution is -0.0458. The lowest BCUT2D eigenvalue weighted by atomic mass is 10.1. The van der Waals surface area contributed by atoms with Gasteiger partial charge in [0.15, 0.2) is 6.29 Å². The van der Waals surface area contributed by atoms with Gasteiger partial charge in [-0.3, -0.25) is 4.79 Å². The fourth-order valence-corrected chi connectivity index (χ4v) is 2.36. The van der Waals surface area contributed by atoms with Gasteiger partial charge in [-0.25, -0.2) is 0 Å². The number of methoxy groups -OCH3 is 1. The summed E-state index contributed by atoms with van der Waals surface area (Å²) in [4.78, 5) is 11.0. The summed E-state index contributed by atoms with van der Waals surface area (Å²) in [6.45, 7) is 1.49. The number of rotatable bonds is 6. The first-order valence-electron chi connectivity index (χ1n) is 7.38. The number of carbonyl (C=O) groups excluding carboxylic acids is 1. The van der Waals surface area contributed by atoms with Crippen LogP contribution in [0.3, 0.4) is 0 Å². The average Bonchev–Trinajstić information content (AvgIpc) is 3.14. The first-order chi connectivity index (χ1) is 11.3. The molecule has 0 aromatic heterocycles. The summed E-state index contributed by atoms with van der Waals surface area (Å²) >= 11 is 0. The molecular formula is C18H18O5. The Labute approximate surface area is 134 Å². The predicted octanol–water partition coefficient (Wildman–Crippen LogP) is 3.13. The van der Waals surface area contributed by atoms with Crippen molar-refractivity contribution in [3.8, 4) is 11.5 Å². The van der Waals surface area contributed by atoms with Crippen molar-refractivity contribution in [3.63, 3.8) is 0 Å². The minimum Gasteiger partial charge on any atom is -0.497 e. The molecule has 2 aromatic rings.